The number of nitrogens with zero attached hydrogens (tertiary/aromatic N) is 13. The van der Waals surface area contributed by atoms with Crippen LogP contribution in [-0.4, -0.2) is 249 Å². The molecule has 13 rings (SSSR count). The number of hydrogen-bond donors (Lipinski definition) is 5. The molecule has 1 saturated carbocycles. The zero-order chi connectivity index (χ0) is 90.7. The number of cyclic esters (lactones) is 1. The Kier molecular flexibility index (Phi) is 35.2. The first kappa shape index (κ1) is 95.6. The molecule has 0 spiro atoms. The number of fused-ring (bicyclic) bond motifs is 6. The van der Waals surface area contributed by atoms with Crippen molar-refractivity contribution in [3.63, 3.8) is 0 Å². The van der Waals surface area contributed by atoms with Crippen molar-refractivity contribution in [1.82, 2.24) is 65.1 Å². The van der Waals surface area contributed by atoms with Crippen molar-refractivity contribution < 1.29 is 81.0 Å². The van der Waals surface area contributed by atoms with E-state index in [1.54, 1.807) is 25.6 Å². The molecule has 3 saturated heterocycles. The Balaban J connectivity index is 0.464. The minimum Gasteiger partial charge on any atom is -0.461 e. The molecule has 7 aromatic rings. The van der Waals surface area contributed by atoms with Crippen molar-refractivity contribution in [3.8, 4) is 11.3 Å². The summed E-state index contributed by atoms with van der Waals surface area (Å²) in [5.41, 5.74) is 21.4. The third-order valence-electron chi connectivity index (χ3n) is 25.3. The van der Waals surface area contributed by atoms with Crippen LogP contribution < -0.4 is 31.9 Å². The molecule has 6 aliphatic rings. The number of alkyl carbamates (subject to hydrolysis) is 1. The average molecular weight is 1780 g/mol. The van der Waals surface area contributed by atoms with E-state index in [-0.39, 0.29) is 111 Å². The maximum Gasteiger partial charge on any atom is 0.407 e. The minimum atomic E-state index is -0.931. The fraction of sp³-hybridized carbons (Fsp3) is 0.568. The summed E-state index contributed by atoms with van der Waals surface area (Å²) in [4.78, 5) is 134. The Labute approximate surface area is 753 Å². The van der Waals surface area contributed by atoms with Crippen LogP contribution in [0.3, 0.4) is 0 Å². The summed E-state index contributed by atoms with van der Waals surface area (Å²) in [5.74, 6) is -0.609. The van der Waals surface area contributed by atoms with Gasteiger partial charge in [-0.05, 0) is 180 Å². The summed E-state index contributed by atoms with van der Waals surface area (Å²) in [6, 6.07) is 11.0. The SMILES string of the molecule is CO[C@H]1CC2CCCC(O2)C(=O)C(=O)N2CCCC[C@H]2C(=O)O[C@H](CCC2CCC(OC(=O)NCc3cnc(N4CCN(c5ncc(C(=O)NCCOCCOCCOCCOCCC(=O)N6CCc7cc(Cn8nc(-c9ccc%10oc(N)nc%10c9)c9c(N)ncnc98)ccc7C6)cn5)CC4)nc3)CC2)CC[C@H](C)/C=C(\C)[C@@H](O)CC(=O)[C@H](C)C[C@H](C)/C=C/C=CC=C1C. The summed E-state index contributed by atoms with van der Waals surface area (Å²) in [6.07, 6.45) is 27.3. The van der Waals surface area contributed by atoms with Crippen molar-refractivity contribution in [2.24, 2.45) is 23.7 Å². The molecule has 2 bridgehead atoms. The predicted molar refractivity (Wildman–Crippen MR) is 484 cm³/mol. The summed E-state index contributed by atoms with van der Waals surface area (Å²) < 4.78 is 54.6. The molecule has 129 heavy (non-hydrogen) atoms. The first-order valence-electron chi connectivity index (χ1n) is 45.9. The van der Waals surface area contributed by atoms with Gasteiger partial charge in [-0.25, -0.2) is 44.2 Å². The van der Waals surface area contributed by atoms with E-state index in [0.717, 1.165) is 54.4 Å². The maximum absolute atomic E-state index is 14.5. The van der Waals surface area contributed by atoms with Gasteiger partial charge in [-0.1, -0.05) is 75.4 Å². The second-order valence-corrected chi connectivity index (χ2v) is 35.0. The van der Waals surface area contributed by atoms with E-state index in [2.05, 4.69) is 88.5 Å². The molecule has 5 aromatic heterocycles. The molecule has 9 atom stereocenters. The number of nitrogens with one attached hydrogen (secondary N) is 2. The van der Waals surface area contributed by atoms with Crippen LogP contribution in [0.5, 0.6) is 0 Å². The van der Waals surface area contributed by atoms with Gasteiger partial charge >= 0.3 is 12.1 Å². The number of aliphatic hydroxyl groups excluding tert-OH is 1. The van der Waals surface area contributed by atoms with Gasteiger partial charge in [0.25, 0.3) is 17.8 Å². The highest BCUT2D eigenvalue weighted by Crippen LogP contribution is 2.37. The lowest BCUT2D eigenvalue weighted by molar-refractivity contribution is -0.167. The fourth-order valence-electron chi connectivity index (χ4n) is 17.8. The molecule has 34 heteroatoms. The number of ether oxygens (including phenoxy) is 8. The number of allylic oxidation sites excluding steroid dienone is 6. The summed E-state index contributed by atoms with van der Waals surface area (Å²) >= 11 is 0. The van der Waals surface area contributed by atoms with Crippen LogP contribution in [-0.2, 0) is 87.9 Å². The van der Waals surface area contributed by atoms with Crippen LogP contribution >= 0.6 is 0 Å². The van der Waals surface area contributed by atoms with E-state index >= 15 is 0 Å². The van der Waals surface area contributed by atoms with E-state index in [1.165, 1.54) is 29.2 Å². The molecule has 34 nitrogen and oxygen atoms in total. The van der Waals surface area contributed by atoms with Crippen molar-refractivity contribution in [3.05, 3.63) is 143 Å². The molecule has 694 valence electrons. The number of carbonyl (C=O) groups is 7. The molecule has 7 N–H and O–H groups in total. The molecule has 2 unspecified atom stereocenters. The number of oxazole rings is 1. The van der Waals surface area contributed by atoms with Gasteiger partial charge in [0.05, 0.1) is 95.1 Å². The van der Waals surface area contributed by atoms with Gasteiger partial charge in [0.2, 0.25) is 23.6 Å². The van der Waals surface area contributed by atoms with Crippen LogP contribution in [0.1, 0.15) is 183 Å². The molecule has 0 radical (unpaired) electrons. The van der Waals surface area contributed by atoms with E-state index in [0.29, 0.717) is 225 Å². The van der Waals surface area contributed by atoms with Crippen molar-refractivity contribution in [1.29, 1.82) is 0 Å². The molecule has 10 heterocycles. The fourth-order valence-corrected chi connectivity index (χ4v) is 17.8. The molecule has 2 aromatic carbocycles. The van der Waals surface area contributed by atoms with E-state index in [9.17, 15) is 38.7 Å². The standard InChI is InChI=1S/C95H127N17O17/c1-61-13-8-7-9-14-63(3)82(121-6)51-75-15-12-17-81(126-75)86(116)90(118)111-33-11-10-16-77(111)91(119)127-73(25-18-62(2)48-65(5)79(114)52-78(113)64(4)47-61)26-20-66-21-27-74(28-22-66)128-95(120)103-55-68-53-99-93(100-54-68)108-35-37-109(38-36-108)94-101-56-72(57-102-94)89(117)98-32-40-123-42-44-125-46-45-124-43-41-122-39-31-83(115)110-34-30-69-49-67(19-23-71(69)59-110)58-112-88-84(87(96)104-60-105-88)85(107-112)70-24-29-80-76(50-70)106-92(97)129-80/h7-9,13-14,19,23-24,29,48-50,53-54,56-57,60-62,64,66,73-75,77,79,81-82,114H,10-12,15-18,20-22,25-28,30-47,51-52,55,58-59H2,1-6H3,(H2,97,106)(H,98,117)(H,103,120)(H2,96,104,105)/b9-7?,13-8+,63-14?,65-48+/t61-,62+,64-,66?,73+,74?,75?,77+,79+,81?,82+/m1/s1. The number of rotatable bonds is 28. The smallest absolute Gasteiger partial charge is 0.407 e. The predicted octanol–water partition coefficient (Wildman–Crippen LogP) is 10.7. The number of anilines is 4. The zero-order valence-electron chi connectivity index (χ0n) is 75.3. The van der Waals surface area contributed by atoms with Crippen molar-refractivity contribution in [2.45, 2.75) is 219 Å². The summed E-state index contributed by atoms with van der Waals surface area (Å²) in [7, 11) is 1.65. The van der Waals surface area contributed by atoms with E-state index in [4.69, 9.17) is 58.9 Å². The van der Waals surface area contributed by atoms with Gasteiger partial charge in [-0.2, -0.15) is 10.1 Å². The zero-order valence-corrected chi connectivity index (χ0v) is 75.3. The van der Waals surface area contributed by atoms with Gasteiger partial charge < -0.3 is 89.1 Å². The highest BCUT2D eigenvalue weighted by Gasteiger charge is 2.42. The Morgan fingerprint density at radius 1 is 0.674 bits per heavy atom. The maximum atomic E-state index is 14.5. The lowest BCUT2D eigenvalue weighted by atomic mass is 9.83. The first-order valence-corrected chi connectivity index (χ1v) is 45.9. The molecule has 5 aliphatic heterocycles. The highest BCUT2D eigenvalue weighted by atomic mass is 16.6. The van der Waals surface area contributed by atoms with Crippen LogP contribution in [0.15, 0.2) is 120 Å². The number of nitrogen functional groups attached to an aromatic ring is 2. The lowest BCUT2D eigenvalue weighted by Gasteiger charge is -2.36. The Bertz CT molecular complexity index is 5040. The molecule has 1 aliphatic carbocycles. The number of aliphatic hydroxyl groups is 1. The van der Waals surface area contributed by atoms with E-state index < -0.39 is 48.1 Å². The average Bonchev–Trinajstić information content (AvgIpc) is 1.61. The largest absolute Gasteiger partial charge is 0.461 e. The van der Waals surface area contributed by atoms with Crippen LogP contribution in [0.4, 0.5) is 28.5 Å². The van der Waals surface area contributed by atoms with Crippen LogP contribution in [0.2, 0.25) is 0 Å². The number of Topliss-reactive ketones (excluding diaryl/α,β-unsaturated/α-hetero) is 2. The van der Waals surface area contributed by atoms with Gasteiger partial charge in [0.15, 0.2) is 11.2 Å². The first-order chi connectivity index (χ1) is 62.6. The monoisotopic (exact) mass is 1780 g/mol. The van der Waals surface area contributed by atoms with Gasteiger partial charge in [-0.3, -0.25) is 24.0 Å². The number of aromatic nitrogens is 9. The van der Waals surface area contributed by atoms with Crippen molar-refractivity contribution >= 4 is 87.2 Å². The molecular weight excluding hydrogens is 1650 g/mol. The Morgan fingerprint density at radius 2 is 1.40 bits per heavy atom. The molecule has 4 fully saturated rings. The normalized spacial score (nSPS) is 24.1. The van der Waals surface area contributed by atoms with E-state index in [1.807, 2.05) is 77.8 Å². The molecule has 4 amide bonds. The lowest BCUT2D eigenvalue weighted by Crippen LogP contribution is -2.54. The summed E-state index contributed by atoms with van der Waals surface area (Å²) in [5, 5.41) is 22.6. The highest BCUT2D eigenvalue weighted by molar-refractivity contribution is 6.38. The quantitative estimate of drug-likeness (QED) is 0.0132. The number of piperazine rings is 1. The third-order valence-corrected chi connectivity index (χ3v) is 25.3. The number of carbonyl (C=O) groups excluding carboxylic acids is 7. The topological polar surface area (TPSA) is 424 Å². The minimum absolute atomic E-state index is 0.00588. The third kappa shape index (κ3) is 27.3. The number of hydrogen-bond acceptors (Lipinski definition) is 29. The molecular formula is C95H127N17O17. The number of piperidine rings is 1. The second-order valence-electron chi connectivity index (χ2n) is 35.0. The number of amides is 4. The van der Waals surface area contributed by atoms with Crippen LogP contribution in [0.25, 0.3) is 33.4 Å². The second kappa shape index (κ2) is 47.5. The Morgan fingerprint density at radius 3 is 2.13 bits per heavy atom. The number of nitrogens with two attached hydrogens (primary N) is 2. The Hall–Kier alpha value is -11.0. The summed E-state index contributed by atoms with van der Waals surface area (Å²) in [6.45, 7) is 17.3. The number of ketones is 2. The number of benzene rings is 2. The van der Waals surface area contributed by atoms with Crippen molar-refractivity contribution in [2.75, 3.05) is 127 Å². The number of esters is 1. The van der Waals surface area contributed by atoms with Crippen LogP contribution in [0, 0.1) is 23.7 Å². The number of methoxy groups -OCH3 is 1. The van der Waals surface area contributed by atoms with Gasteiger partial charge in [-0.15, -0.1) is 0 Å². The van der Waals surface area contributed by atoms with Gasteiger partial charge in [0.1, 0.15) is 53.5 Å². The van der Waals surface area contributed by atoms with Gasteiger partial charge in [0, 0.05) is 121 Å².